The van der Waals surface area contributed by atoms with Crippen LogP contribution in [0.1, 0.15) is 16.7 Å². The monoisotopic (exact) mass is 430 g/mol. The molecular formula is C24H18N2O6. The molecule has 0 spiro atoms. The van der Waals surface area contributed by atoms with E-state index in [1.165, 1.54) is 19.2 Å². The number of non-ortho nitro benzene ring substituents is 1. The van der Waals surface area contributed by atoms with Crippen LogP contribution in [0.3, 0.4) is 0 Å². The third-order valence-corrected chi connectivity index (χ3v) is 4.67. The molecular weight excluding hydrogens is 412 g/mol. The number of carbonyl (C=O) groups is 1. The first kappa shape index (κ1) is 20.8. The SMILES string of the molecule is COc1cccc(/C=C2\N=C(c3ccccc3)OC2=O)c1OCc1cccc([N+](=O)[O-])c1. The highest BCUT2D eigenvalue weighted by Gasteiger charge is 2.25. The van der Waals surface area contributed by atoms with Gasteiger partial charge in [0.25, 0.3) is 5.69 Å². The molecule has 0 unspecified atom stereocenters. The summed E-state index contributed by atoms with van der Waals surface area (Å²) in [6.45, 7) is 0.0706. The maximum atomic E-state index is 12.4. The Balaban J connectivity index is 1.64. The predicted molar refractivity (Wildman–Crippen MR) is 117 cm³/mol. The molecule has 3 aromatic rings. The van der Waals surface area contributed by atoms with Crippen molar-refractivity contribution in [3.63, 3.8) is 0 Å². The molecule has 160 valence electrons. The van der Waals surface area contributed by atoms with Gasteiger partial charge in [-0.15, -0.1) is 0 Å². The van der Waals surface area contributed by atoms with Crippen molar-refractivity contribution in [3.8, 4) is 11.5 Å². The number of para-hydroxylation sites is 1. The zero-order chi connectivity index (χ0) is 22.5. The van der Waals surface area contributed by atoms with Crippen LogP contribution in [-0.2, 0) is 16.1 Å². The minimum absolute atomic E-state index is 0.0232. The highest BCUT2D eigenvalue weighted by Crippen LogP contribution is 2.34. The number of benzene rings is 3. The molecule has 32 heavy (non-hydrogen) atoms. The minimum atomic E-state index is -0.573. The number of rotatable bonds is 7. The van der Waals surface area contributed by atoms with Crippen LogP contribution >= 0.6 is 0 Å². The second kappa shape index (κ2) is 9.13. The summed E-state index contributed by atoms with van der Waals surface area (Å²) in [4.78, 5) is 27.2. The van der Waals surface area contributed by atoms with Gasteiger partial charge in [-0.05, 0) is 29.8 Å². The number of cyclic esters (lactones) is 1. The van der Waals surface area contributed by atoms with Gasteiger partial charge < -0.3 is 14.2 Å². The number of nitro benzene ring substituents is 1. The summed E-state index contributed by atoms with van der Waals surface area (Å²) in [5, 5.41) is 11.0. The normalized spacial score (nSPS) is 14.1. The Morgan fingerprint density at radius 3 is 2.59 bits per heavy atom. The van der Waals surface area contributed by atoms with Gasteiger partial charge in [0.15, 0.2) is 17.2 Å². The lowest BCUT2D eigenvalue weighted by Gasteiger charge is -2.13. The Labute approximate surface area is 183 Å². The summed E-state index contributed by atoms with van der Waals surface area (Å²) in [5.74, 6) is 0.480. The molecule has 0 aromatic heterocycles. The summed E-state index contributed by atoms with van der Waals surface area (Å²) in [5.41, 5.74) is 1.97. The average Bonchev–Trinajstić information content (AvgIpc) is 3.19. The third kappa shape index (κ3) is 4.49. The number of hydrogen-bond acceptors (Lipinski definition) is 7. The molecule has 8 heteroatoms. The van der Waals surface area contributed by atoms with Crippen molar-refractivity contribution in [2.45, 2.75) is 6.61 Å². The van der Waals surface area contributed by atoms with E-state index >= 15 is 0 Å². The maximum Gasteiger partial charge on any atom is 0.363 e. The van der Waals surface area contributed by atoms with E-state index in [-0.39, 0.29) is 23.9 Å². The fraction of sp³-hybridized carbons (Fsp3) is 0.0833. The lowest BCUT2D eigenvalue weighted by atomic mass is 10.1. The molecule has 4 rings (SSSR count). The van der Waals surface area contributed by atoms with Gasteiger partial charge in [-0.2, -0.15) is 0 Å². The van der Waals surface area contributed by atoms with E-state index in [1.807, 2.05) is 18.2 Å². The molecule has 0 aliphatic carbocycles. The standard InChI is InChI=1S/C24H18N2O6/c1-30-21-12-6-10-18(22(21)31-15-16-7-5-11-19(13-16)26(28)29)14-20-24(27)32-23(25-20)17-8-3-2-4-9-17/h2-14H,15H2,1H3/b20-14-. The molecule has 1 aliphatic heterocycles. The van der Waals surface area contributed by atoms with Crippen molar-refractivity contribution in [2.75, 3.05) is 7.11 Å². The fourth-order valence-corrected chi connectivity index (χ4v) is 3.14. The van der Waals surface area contributed by atoms with Gasteiger partial charge in [-0.1, -0.05) is 42.5 Å². The van der Waals surface area contributed by atoms with Crippen molar-refractivity contribution in [3.05, 3.63) is 105 Å². The van der Waals surface area contributed by atoms with E-state index in [4.69, 9.17) is 14.2 Å². The molecule has 0 radical (unpaired) electrons. The first-order valence-corrected chi connectivity index (χ1v) is 9.66. The minimum Gasteiger partial charge on any atom is -0.493 e. The Kier molecular flexibility index (Phi) is 5.94. The highest BCUT2D eigenvalue weighted by atomic mass is 16.6. The molecule has 0 amide bonds. The second-order valence-electron chi connectivity index (χ2n) is 6.80. The number of methoxy groups -OCH3 is 1. The zero-order valence-corrected chi connectivity index (χ0v) is 17.1. The van der Waals surface area contributed by atoms with Gasteiger partial charge in [0, 0.05) is 23.3 Å². The van der Waals surface area contributed by atoms with E-state index in [9.17, 15) is 14.9 Å². The van der Waals surface area contributed by atoms with Gasteiger partial charge in [0.2, 0.25) is 5.90 Å². The van der Waals surface area contributed by atoms with Gasteiger partial charge in [0.05, 0.1) is 12.0 Å². The fourth-order valence-electron chi connectivity index (χ4n) is 3.14. The van der Waals surface area contributed by atoms with Crippen LogP contribution in [0.2, 0.25) is 0 Å². The number of carbonyl (C=O) groups excluding carboxylic acids is 1. The van der Waals surface area contributed by atoms with E-state index < -0.39 is 10.9 Å². The third-order valence-electron chi connectivity index (χ3n) is 4.67. The number of nitro groups is 1. The number of hydrogen-bond donors (Lipinski definition) is 0. The van der Waals surface area contributed by atoms with E-state index in [0.717, 1.165) is 0 Å². The van der Waals surface area contributed by atoms with Crippen LogP contribution in [0.4, 0.5) is 5.69 Å². The van der Waals surface area contributed by atoms with Crippen molar-refractivity contribution < 1.29 is 23.9 Å². The largest absolute Gasteiger partial charge is 0.493 e. The molecule has 3 aromatic carbocycles. The first-order chi connectivity index (χ1) is 15.5. The number of nitrogens with zero attached hydrogens (tertiary/aromatic N) is 2. The topological polar surface area (TPSA) is 100 Å². The van der Waals surface area contributed by atoms with Crippen molar-refractivity contribution >= 4 is 23.6 Å². The highest BCUT2D eigenvalue weighted by molar-refractivity contribution is 6.13. The average molecular weight is 430 g/mol. The molecule has 8 nitrogen and oxygen atoms in total. The van der Waals surface area contributed by atoms with Crippen LogP contribution in [-0.4, -0.2) is 23.9 Å². The maximum absolute atomic E-state index is 12.4. The lowest BCUT2D eigenvalue weighted by molar-refractivity contribution is -0.384. The number of aliphatic imine (C=N–C) groups is 1. The van der Waals surface area contributed by atoms with Crippen LogP contribution in [0.25, 0.3) is 6.08 Å². The smallest absolute Gasteiger partial charge is 0.363 e. The molecule has 0 saturated heterocycles. The molecule has 0 saturated carbocycles. The van der Waals surface area contributed by atoms with Gasteiger partial charge in [0.1, 0.15) is 6.61 Å². The summed E-state index contributed by atoms with van der Waals surface area (Å²) in [6.07, 6.45) is 1.56. The van der Waals surface area contributed by atoms with Crippen LogP contribution in [0.5, 0.6) is 11.5 Å². The second-order valence-corrected chi connectivity index (χ2v) is 6.80. The van der Waals surface area contributed by atoms with E-state index in [1.54, 1.807) is 48.5 Å². The van der Waals surface area contributed by atoms with Crippen LogP contribution < -0.4 is 9.47 Å². The summed E-state index contributed by atoms with van der Waals surface area (Å²) >= 11 is 0. The Bertz CT molecular complexity index is 1230. The molecule has 0 N–H and O–H groups in total. The summed E-state index contributed by atoms with van der Waals surface area (Å²) < 4.78 is 16.6. The Morgan fingerprint density at radius 1 is 1.06 bits per heavy atom. The zero-order valence-electron chi connectivity index (χ0n) is 17.1. The number of esters is 1. The number of ether oxygens (including phenoxy) is 3. The van der Waals surface area contributed by atoms with Crippen molar-refractivity contribution in [1.82, 2.24) is 0 Å². The molecule has 0 fully saturated rings. The first-order valence-electron chi connectivity index (χ1n) is 9.66. The van der Waals surface area contributed by atoms with E-state index in [0.29, 0.717) is 28.2 Å². The van der Waals surface area contributed by atoms with Gasteiger partial charge >= 0.3 is 5.97 Å². The molecule has 0 atom stereocenters. The quantitative estimate of drug-likeness (QED) is 0.236. The van der Waals surface area contributed by atoms with Gasteiger partial charge in [-0.25, -0.2) is 9.79 Å². The molecule has 0 bridgehead atoms. The summed E-state index contributed by atoms with van der Waals surface area (Å²) in [6, 6.07) is 20.5. The predicted octanol–water partition coefficient (Wildman–Crippen LogP) is 4.53. The van der Waals surface area contributed by atoms with Crippen molar-refractivity contribution in [2.24, 2.45) is 4.99 Å². The van der Waals surface area contributed by atoms with Gasteiger partial charge in [-0.3, -0.25) is 10.1 Å². The van der Waals surface area contributed by atoms with Crippen LogP contribution in [0, 0.1) is 10.1 Å². The lowest BCUT2D eigenvalue weighted by Crippen LogP contribution is -2.05. The Hall–Kier alpha value is -4.46. The summed E-state index contributed by atoms with van der Waals surface area (Å²) in [7, 11) is 1.50. The molecule has 1 heterocycles. The molecule has 1 aliphatic rings. The Morgan fingerprint density at radius 2 is 1.84 bits per heavy atom. The van der Waals surface area contributed by atoms with E-state index in [2.05, 4.69) is 4.99 Å². The van der Waals surface area contributed by atoms with Crippen molar-refractivity contribution in [1.29, 1.82) is 0 Å². The van der Waals surface area contributed by atoms with Crippen LogP contribution in [0.15, 0.2) is 83.5 Å².